The van der Waals surface area contributed by atoms with Gasteiger partial charge in [0, 0.05) is 0 Å². The summed E-state index contributed by atoms with van der Waals surface area (Å²) in [6.45, 7) is 7.65. The Balaban J connectivity index is 2.32. The van der Waals surface area contributed by atoms with E-state index in [1.165, 1.54) is 26.0 Å². The molecule has 1 aromatic rings. The summed E-state index contributed by atoms with van der Waals surface area (Å²) in [4.78, 5) is 30.1. The smallest absolute Gasteiger partial charge is 0.427 e. The molecule has 1 aliphatic rings. The highest BCUT2D eigenvalue weighted by Crippen LogP contribution is 2.32. The van der Waals surface area contributed by atoms with Crippen molar-refractivity contribution in [3.05, 3.63) is 29.3 Å². The zero-order valence-corrected chi connectivity index (χ0v) is 19.6. The van der Waals surface area contributed by atoms with Crippen LogP contribution < -0.4 is 5.32 Å². The van der Waals surface area contributed by atoms with Gasteiger partial charge in [-0.05, 0) is 53.2 Å². The Kier molecular flexibility index (Phi) is 7.25. The second-order valence-corrected chi connectivity index (χ2v) is 11.3. The number of hydroxylamine groups is 2. The fourth-order valence-electron chi connectivity index (χ4n) is 2.97. The Morgan fingerprint density at radius 1 is 1.23 bits per heavy atom. The van der Waals surface area contributed by atoms with E-state index in [1.54, 1.807) is 32.9 Å². The number of nitrogens with zero attached hydrogens (tertiary/aromatic N) is 2. The van der Waals surface area contributed by atoms with E-state index in [4.69, 9.17) is 21.2 Å². The summed E-state index contributed by atoms with van der Waals surface area (Å²) < 4.78 is 31.4. The Labute approximate surface area is 187 Å². The van der Waals surface area contributed by atoms with Crippen LogP contribution in [0.1, 0.15) is 41.0 Å². The van der Waals surface area contributed by atoms with Crippen molar-refractivity contribution in [3.63, 3.8) is 0 Å². The molecule has 0 aliphatic carbocycles. The second kappa shape index (κ2) is 9.02. The molecule has 0 aromatic heterocycles. The number of amides is 1. The third kappa shape index (κ3) is 6.32. The number of nitrogens with one attached hydrogen (secondary N) is 1. The van der Waals surface area contributed by atoms with Gasteiger partial charge < -0.3 is 14.9 Å². The van der Waals surface area contributed by atoms with Crippen molar-refractivity contribution >= 4 is 33.5 Å². The molecule has 0 radical (unpaired) electrons. The lowest BCUT2D eigenvalue weighted by Gasteiger charge is -2.26. The molecule has 1 fully saturated rings. The molecule has 0 saturated carbocycles. The third-order valence-corrected chi connectivity index (χ3v) is 7.03. The van der Waals surface area contributed by atoms with E-state index >= 15 is 0 Å². The zero-order valence-electron chi connectivity index (χ0n) is 18.0. The van der Waals surface area contributed by atoms with Gasteiger partial charge in [0.15, 0.2) is 9.84 Å². The van der Waals surface area contributed by atoms with Crippen LogP contribution >= 0.6 is 11.6 Å². The van der Waals surface area contributed by atoms with Gasteiger partial charge in [-0.15, -0.1) is 5.06 Å². The summed E-state index contributed by atoms with van der Waals surface area (Å²) in [6, 6.07) is 6.79. The topological polar surface area (TPSA) is 126 Å². The lowest BCUT2D eigenvalue weighted by molar-refractivity contribution is -0.163. The summed E-state index contributed by atoms with van der Waals surface area (Å²) in [5, 5.41) is 11.7. The molecule has 1 amide bonds. The fraction of sp³-hybridized carbons (Fsp3) is 0.550. The highest BCUT2D eigenvalue weighted by atomic mass is 35.5. The summed E-state index contributed by atoms with van der Waals surface area (Å²) >= 11 is 6.07. The minimum absolute atomic E-state index is 0.0561. The minimum atomic E-state index is -3.94. The van der Waals surface area contributed by atoms with Crippen LogP contribution in [0.3, 0.4) is 0 Å². The van der Waals surface area contributed by atoms with E-state index in [0.717, 1.165) is 5.06 Å². The Hall–Kier alpha value is -2.35. The third-order valence-electron chi connectivity index (χ3n) is 4.40. The Morgan fingerprint density at radius 3 is 2.39 bits per heavy atom. The molecule has 0 unspecified atom stereocenters. The molecular formula is C20H26ClN3O6S. The summed E-state index contributed by atoms with van der Waals surface area (Å²) in [6.07, 6.45) is -1.23. The molecule has 1 N–H and O–H groups in total. The van der Waals surface area contributed by atoms with Gasteiger partial charge in [-0.3, -0.25) is 4.79 Å². The van der Waals surface area contributed by atoms with Crippen molar-refractivity contribution in [3.8, 4) is 6.07 Å². The van der Waals surface area contributed by atoms with Gasteiger partial charge in [-0.25, -0.2) is 13.2 Å². The maximum absolute atomic E-state index is 13.2. The van der Waals surface area contributed by atoms with Crippen LogP contribution in [0.15, 0.2) is 29.2 Å². The van der Waals surface area contributed by atoms with E-state index in [1.807, 2.05) is 6.07 Å². The number of rotatable bonds is 5. The SMILES string of the molecule is CC(C)(C#N)NC(=O)[C@@H]1C[C@@H](S(=O)(=O)c2ccccc2Cl)CN1OC(=O)OC(C)(C)C. The first-order valence-electron chi connectivity index (χ1n) is 9.55. The highest BCUT2D eigenvalue weighted by Gasteiger charge is 2.47. The van der Waals surface area contributed by atoms with Gasteiger partial charge in [0.25, 0.3) is 0 Å². The monoisotopic (exact) mass is 471 g/mol. The molecule has 0 spiro atoms. The van der Waals surface area contributed by atoms with E-state index in [9.17, 15) is 23.3 Å². The van der Waals surface area contributed by atoms with Crippen LogP contribution in [0.25, 0.3) is 0 Å². The highest BCUT2D eigenvalue weighted by molar-refractivity contribution is 7.92. The van der Waals surface area contributed by atoms with E-state index in [2.05, 4.69) is 5.32 Å². The van der Waals surface area contributed by atoms with Crippen molar-refractivity contribution in [1.82, 2.24) is 10.4 Å². The number of sulfone groups is 1. The lowest BCUT2D eigenvalue weighted by atomic mass is 10.1. The number of carbonyl (C=O) groups excluding carboxylic acids is 2. The van der Waals surface area contributed by atoms with Gasteiger partial charge in [-0.2, -0.15) is 5.26 Å². The molecule has 1 saturated heterocycles. The summed E-state index contributed by atoms with van der Waals surface area (Å²) in [7, 11) is -3.94. The van der Waals surface area contributed by atoms with Crippen LogP contribution in [0.2, 0.25) is 5.02 Å². The average Bonchev–Trinajstić information content (AvgIpc) is 3.04. The molecule has 170 valence electrons. The average molecular weight is 472 g/mol. The predicted molar refractivity (Wildman–Crippen MR) is 113 cm³/mol. The first-order valence-corrected chi connectivity index (χ1v) is 11.5. The Bertz CT molecular complexity index is 997. The van der Waals surface area contributed by atoms with Gasteiger partial charge in [-0.1, -0.05) is 23.7 Å². The lowest BCUT2D eigenvalue weighted by Crippen LogP contribution is -2.51. The van der Waals surface area contributed by atoms with Crippen LogP contribution in [0.5, 0.6) is 0 Å². The van der Waals surface area contributed by atoms with Gasteiger partial charge in [0.1, 0.15) is 17.2 Å². The van der Waals surface area contributed by atoms with Crippen molar-refractivity contribution in [1.29, 1.82) is 5.26 Å². The van der Waals surface area contributed by atoms with Crippen molar-refractivity contribution < 1.29 is 27.6 Å². The van der Waals surface area contributed by atoms with Gasteiger partial charge >= 0.3 is 6.16 Å². The number of hydrogen-bond donors (Lipinski definition) is 1. The van der Waals surface area contributed by atoms with Crippen LogP contribution in [0, 0.1) is 11.3 Å². The molecule has 1 aromatic carbocycles. The quantitative estimate of drug-likeness (QED) is 0.649. The van der Waals surface area contributed by atoms with E-state index < -0.39 is 44.3 Å². The van der Waals surface area contributed by atoms with Crippen LogP contribution in [-0.4, -0.2) is 54.5 Å². The zero-order chi connectivity index (χ0) is 23.6. The van der Waals surface area contributed by atoms with Gasteiger partial charge in [0.05, 0.1) is 27.8 Å². The predicted octanol–water partition coefficient (Wildman–Crippen LogP) is 2.84. The summed E-state index contributed by atoms with van der Waals surface area (Å²) in [5.41, 5.74) is -2.05. The molecule has 2 rings (SSSR count). The molecule has 31 heavy (non-hydrogen) atoms. The molecule has 11 heteroatoms. The molecule has 9 nitrogen and oxygen atoms in total. The fourth-order valence-corrected chi connectivity index (χ4v) is 5.18. The molecule has 1 aliphatic heterocycles. The maximum Gasteiger partial charge on any atom is 0.528 e. The maximum atomic E-state index is 13.2. The largest absolute Gasteiger partial charge is 0.528 e. The first kappa shape index (κ1) is 24.9. The number of halogens is 1. The van der Waals surface area contributed by atoms with Crippen LogP contribution in [0.4, 0.5) is 4.79 Å². The van der Waals surface area contributed by atoms with E-state index in [0.29, 0.717) is 0 Å². The Morgan fingerprint density at radius 2 is 1.84 bits per heavy atom. The molecule has 1 heterocycles. The number of hydrogen-bond acceptors (Lipinski definition) is 8. The standard InChI is InChI=1S/C20H26ClN3O6S/c1-19(2,3)29-18(26)30-24-11-13(10-15(24)17(25)23-20(4,5)12-22)31(27,28)16-9-7-6-8-14(16)21/h6-9,13,15H,10-11H2,1-5H3,(H,23,25)/t13-,15+/m1/s1. The van der Waals surface area contributed by atoms with Crippen molar-refractivity contribution in [2.75, 3.05) is 6.54 Å². The normalized spacial score (nSPS) is 20.0. The first-order chi connectivity index (χ1) is 14.2. The van der Waals surface area contributed by atoms with Crippen molar-refractivity contribution in [2.24, 2.45) is 0 Å². The minimum Gasteiger partial charge on any atom is -0.427 e. The molecule has 0 bridgehead atoms. The number of ether oxygens (including phenoxy) is 1. The number of benzene rings is 1. The number of carbonyl (C=O) groups is 2. The molecule has 2 atom stereocenters. The molecular weight excluding hydrogens is 446 g/mol. The number of nitriles is 1. The van der Waals surface area contributed by atoms with Gasteiger partial charge in [0.2, 0.25) is 5.91 Å². The van der Waals surface area contributed by atoms with E-state index in [-0.39, 0.29) is 22.9 Å². The van der Waals surface area contributed by atoms with Crippen molar-refractivity contribution in [2.45, 2.75) is 68.4 Å². The summed E-state index contributed by atoms with van der Waals surface area (Å²) in [5.74, 6) is -0.646. The second-order valence-electron chi connectivity index (χ2n) is 8.73. The van der Waals surface area contributed by atoms with Crippen LogP contribution in [-0.2, 0) is 24.2 Å².